The molecule has 0 aliphatic carbocycles. The van der Waals surface area contributed by atoms with Crippen LogP contribution in [0, 0.1) is 0 Å². The fourth-order valence-electron chi connectivity index (χ4n) is 1.95. The second-order valence-corrected chi connectivity index (χ2v) is 7.02. The molecule has 0 heterocycles. The maximum atomic E-state index is 13.0. The summed E-state index contributed by atoms with van der Waals surface area (Å²) >= 11 is 0. The monoisotopic (exact) mass is 268 g/mol. The molecule has 18 heavy (non-hydrogen) atoms. The molecule has 0 bridgehead atoms. The second kappa shape index (κ2) is 5.78. The molecule has 0 saturated carbocycles. The molecule has 0 aromatic rings. The standard InChI is InChI=1S/C13H27F3N2/c1-9(17-11(2,3)4)8-10(13(14,15)16)18-12(5,6)7/h9-10,17-18H,8H2,1-7H3. The van der Waals surface area contributed by atoms with E-state index in [4.69, 9.17) is 0 Å². The molecule has 0 spiro atoms. The summed E-state index contributed by atoms with van der Waals surface area (Å²) in [5.41, 5.74) is -0.737. The third-order valence-electron chi connectivity index (χ3n) is 2.27. The average Bonchev–Trinajstić information content (AvgIpc) is 1.93. The Morgan fingerprint density at radius 3 is 1.50 bits per heavy atom. The molecule has 0 aliphatic rings. The summed E-state index contributed by atoms with van der Waals surface area (Å²) in [5, 5.41) is 5.82. The Hall–Kier alpha value is -0.290. The first-order chi connectivity index (χ1) is 7.71. The first-order valence-corrected chi connectivity index (χ1v) is 6.33. The number of nitrogens with one attached hydrogen (secondary N) is 2. The Morgan fingerprint density at radius 1 is 0.833 bits per heavy atom. The molecule has 0 radical (unpaired) electrons. The highest BCUT2D eigenvalue weighted by molar-refractivity contribution is 4.87. The van der Waals surface area contributed by atoms with Crippen LogP contribution in [-0.2, 0) is 0 Å². The molecule has 2 N–H and O–H groups in total. The van der Waals surface area contributed by atoms with Gasteiger partial charge in [0, 0.05) is 17.1 Å². The van der Waals surface area contributed by atoms with Gasteiger partial charge in [-0.3, -0.25) is 0 Å². The van der Waals surface area contributed by atoms with E-state index in [1.165, 1.54) is 0 Å². The maximum Gasteiger partial charge on any atom is 0.403 e. The van der Waals surface area contributed by atoms with Crippen LogP contribution in [-0.4, -0.2) is 29.3 Å². The highest BCUT2D eigenvalue weighted by Crippen LogP contribution is 2.25. The van der Waals surface area contributed by atoms with Crippen molar-refractivity contribution in [3.05, 3.63) is 0 Å². The van der Waals surface area contributed by atoms with Crippen LogP contribution in [0.4, 0.5) is 13.2 Å². The highest BCUT2D eigenvalue weighted by atomic mass is 19.4. The van der Waals surface area contributed by atoms with Crippen molar-refractivity contribution in [2.45, 2.75) is 84.2 Å². The van der Waals surface area contributed by atoms with Gasteiger partial charge in [0.1, 0.15) is 6.04 Å². The van der Waals surface area contributed by atoms with Crippen molar-refractivity contribution in [1.82, 2.24) is 10.6 Å². The number of hydrogen-bond donors (Lipinski definition) is 2. The smallest absolute Gasteiger partial charge is 0.310 e. The molecule has 110 valence electrons. The van der Waals surface area contributed by atoms with Crippen LogP contribution in [0.3, 0.4) is 0 Å². The normalized spacial score (nSPS) is 17.7. The van der Waals surface area contributed by atoms with Gasteiger partial charge in [-0.2, -0.15) is 13.2 Å². The largest absolute Gasteiger partial charge is 0.403 e. The topological polar surface area (TPSA) is 24.1 Å². The van der Waals surface area contributed by atoms with Crippen molar-refractivity contribution in [3.8, 4) is 0 Å². The molecule has 0 aliphatic heterocycles. The third kappa shape index (κ3) is 8.75. The molecule has 2 atom stereocenters. The lowest BCUT2D eigenvalue weighted by Gasteiger charge is -2.34. The summed E-state index contributed by atoms with van der Waals surface area (Å²) < 4.78 is 38.9. The summed E-state index contributed by atoms with van der Waals surface area (Å²) in [4.78, 5) is 0. The number of alkyl halides is 3. The lowest BCUT2D eigenvalue weighted by atomic mass is 10.00. The van der Waals surface area contributed by atoms with Crippen LogP contribution in [0.1, 0.15) is 54.9 Å². The van der Waals surface area contributed by atoms with Crippen molar-refractivity contribution in [3.63, 3.8) is 0 Å². The van der Waals surface area contributed by atoms with Gasteiger partial charge < -0.3 is 10.6 Å². The molecule has 0 aromatic carbocycles. The zero-order valence-electron chi connectivity index (χ0n) is 12.5. The van der Waals surface area contributed by atoms with E-state index in [0.29, 0.717) is 0 Å². The van der Waals surface area contributed by atoms with Gasteiger partial charge in [0.2, 0.25) is 0 Å². The van der Waals surface area contributed by atoms with E-state index < -0.39 is 17.8 Å². The predicted molar refractivity (Wildman–Crippen MR) is 69.7 cm³/mol. The van der Waals surface area contributed by atoms with Crippen LogP contribution in [0.5, 0.6) is 0 Å². The molecule has 2 unspecified atom stereocenters. The summed E-state index contributed by atoms with van der Waals surface area (Å²) in [6.45, 7) is 12.9. The van der Waals surface area contributed by atoms with Crippen molar-refractivity contribution in [2.24, 2.45) is 0 Å². The maximum absolute atomic E-state index is 13.0. The van der Waals surface area contributed by atoms with Crippen molar-refractivity contribution >= 4 is 0 Å². The lowest BCUT2D eigenvalue weighted by molar-refractivity contribution is -0.162. The minimum atomic E-state index is -4.22. The number of rotatable bonds is 4. The Morgan fingerprint density at radius 2 is 1.22 bits per heavy atom. The van der Waals surface area contributed by atoms with E-state index in [1.54, 1.807) is 27.7 Å². The molecule has 0 rings (SSSR count). The minimum Gasteiger partial charge on any atom is -0.310 e. The first-order valence-electron chi connectivity index (χ1n) is 6.33. The predicted octanol–water partition coefficient (Wildman–Crippen LogP) is 3.47. The minimum absolute atomic E-state index is 0.0258. The molecule has 0 saturated heterocycles. The Kier molecular flexibility index (Phi) is 5.69. The Bertz CT molecular complexity index is 248. The van der Waals surface area contributed by atoms with Crippen LogP contribution in [0.25, 0.3) is 0 Å². The van der Waals surface area contributed by atoms with Gasteiger partial charge in [0.25, 0.3) is 0 Å². The SMILES string of the molecule is CC(CC(NC(C)(C)C)C(F)(F)F)NC(C)(C)C. The van der Waals surface area contributed by atoms with Gasteiger partial charge in [-0.15, -0.1) is 0 Å². The third-order valence-corrected chi connectivity index (χ3v) is 2.27. The van der Waals surface area contributed by atoms with Crippen LogP contribution in [0.2, 0.25) is 0 Å². The van der Waals surface area contributed by atoms with E-state index in [0.717, 1.165) is 0 Å². The lowest BCUT2D eigenvalue weighted by Crippen LogP contribution is -2.54. The quantitative estimate of drug-likeness (QED) is 0.816. The van der Waals surface area contributed by atoms with Gasteiger partial charge in [0.15, 0.2) is 0 Å². The Labute approximate surface area is 109 Å². The van der Waals surface area contributed by atoms with Crippen LogP contribution in [0.15, 0.2) is 0 Å². The molecule has 0 amide bonds. The van der Waals surface area contributed by atoms with E-state index in [9.17, 15) is 13.2 Å². The van der Waals surface area contributed by atoms with Crippen molar-refractivity contribution in [2.75, 3.05) is 0 Å². The zero-order chi connectivity index (χ0) is 14.8. The van der Waals surface area contributed by atoms with Gasteiger partial charge >= 0.3 is 6.18 Å². The number of hydrogen-bond acceptors (Lipinski definition) is 2. The highest BCUT2D eigenvalue weighted by Gasteiger charge is 2.42. The molecule has 5 heteroatoms. The van der Waals surface area contributed by atoms with Gasteiger partial charge in [0.05, 0.1) is 0 Å². The van der Waals surface area contributed by atoms with Crippen LogP contribution < -0.4 is 10.6 Å². The van der Waals surface area contributed by atoms with Gasteiger partial charge in [-0.05, 0) is 54.9 Å². The van der Waals surface area contributed by atoms with E-state index in [-0.39, 0.29) is 18.0 Å². The fraction of sp³-hybridized carbons (Fsp3) is 1.00. The van der Waals surface area contributed by atoms with Crippen molar-refractivity contribution < 1.29 is 13.2 Å². The van der Waals surface area contributed by atoms with Gasteiger partial charge in [-0.25, -0.2) is 0 Å². The van der Waals surface area contributed by atoms with Crippen LogP contribution >= 0.6 is 0 Å². The number of halogens is 3. The molecular formula is C13H27F3N2. The molecule has 0 aromatic heterocycles. The van der Waals surface area contributed by atoms with Gasteiger partial charge in [-0.1, -0.05) is 0 Å². The summed E-state index contributed by atoms with van der Waals surface area (Å²) in [6.07, 6.45) is -4.20. The zero-order valence-corrected chi connectivity index (χ0v) is 12.5. The summed E-state index contributed by atoms with van der Waals surface area (Å²) in [7, 11) is 0. The van der Waals surface area contributed by atoms with E-state index in [1.807, 2.05) is 20.8 Å². The molecule has 2 nitrogen and oxygen atoms in total. The van der Waals surface area contributed by atoms with E-state index >= 15 is 0 Å². The fourth-order valence-corrected chi connectivity index (χ4v) is 1.95. The summed E-state index contributed by atoms with van der Waals surface area (Å²) in [6, 6.07) is -1.69. The average molecular weight is 268 g/mol. The first kappa shape index (κ1) is 17.7. The van der Waals surface area contributed by atoms with Crippen molar-refractivity contribution in [1.29, 1.82) is 0 Å². The Balaban J connectivity index is 4.62. The molecular weight excluding hydrogens is 241 g/mol. The summed E-state index contributed by atoms with van der Waals surface area (Å²) in [5.74, 6) is 0. The van der Waals surface area contributed by atoms with E-state index in [2.05, 4.69) is 10.6 Å². The molecule has 0 fully saturated rings. The second-order valence-electron chi connectivity index (χ2n) is 7.02.